The van der Waals surface area contributed by atoms with E-state index in [-0.39, 0.29) is 0 Å². The molecule has 0 spiro atoms. The Morgan fingerprint density at radius 2 is 2.12 bits per heavy atom. The zero-order valence-electron chi connectivity index (χ0n) is 10.7. The first-order valence-corrected chi connectivity index (χ1v) is 6.78. The Morgan fingerprint density at radius 3 is 2.82 bits per heavy atom. The van der Waals surface area contributed by atoms with Crippen LogP contribution < -0.4 is 4.90 Å². The van der Waals surface area contributed by atoms with Crippen molar-refractivity contribution in [3.05, 3.63) is 18.1 Å². The van der Waals surface area contributed by atoms with E-state index in [9.17, 15) is 0 Å². The topological polar surface area (TPSA) is 29.0 Å². The van der Waals surface area contributed by atoms with Crippen LogP contribution in [0.3, 0.4) is 0 Å². The van der Waals surface area contributed by atoms with E-state index in [1.165, 1.54) is 6.42 Å². The summed E-state index contributed by atoms with van der Waals surface area (Å²) in [6, 6.07) is 0.520. The normalized spacial score (nSPS) is 29.4. The van der Waals surface area contributed by atoms with Gasteiger partial charge in [0.1, 0.15) is 5.82 Å². The molecule has 0 radical (unpaired) electrons. The van der Waals surface area contributed by atoms with E-state index in [1.807, 2.05) is 6.20 Å². The molecule has 1 saturated heterocycles. The number of nitrogens with zero attached hydrogens (tertiary/aromatic N) is 3. The van der Waals surface area contributed by atoms with Gasteiger partial charge in [-0.2, -0.15) is 0 Å². The fraction of sp³-hybridized carbons (Fsp3) is 0.692. The summed E-state index contributed by atoms with van der Waals surface area (Å²) in [6.07, 6.45) is 4.87. The maximum atomic E-state index is 5.81. The van der Waals surface area contributed by atoms with Crippen LogP contribution in [0.5, 0.6) is 0 Å². The molecule has 1 aliphatic heterocycles. The maximum absolute atomic E-state index is 5.81. The molecule has 4 heteroatoms. The number of hydrogen-bond donors (Lipinski definition) is 0. The third kappa shape index (κ3) is 2.71. The smallest absolute Gasteiger partial charge is 0.147 e. The summed E-state index contributed by atoms with van der Waals surface area (Å²) in [6.45, 7) is 7.94. The van der Waals surface area contributed by atoms with Crippen molar-refractivity contribution in [3.63, 3.8) is 0 Å². The number of aromatic nitrogens is 2. The zero-order valence-corrected chi connectivity index (χ0v) is 11.5. The Balaban J connectivity index is 2.24. The van der Waals surface area contributed by atoms with Gasteiger partial charge >= 0.3 is 0 Å². The van der Waals surface area contributed by atoms with Crippen LogP contribution in [0.4, 0.5) is 5.82 Å². The minimum absolute atomic E-state index is 0.425. The van der Waals surface area contributed by atoms with Crippen molar-refractivity contribution in [2.24, 2.45) is 11.8 Å². The lowest BCUT2D eigenvalue weighted by Gasteiger charge is -2.41. The molecule has 0 saturated carbocycles. The van der Waals surface area contributed by atoms with Crippen molar-refractivity contribution in [2.75, 3.05) is 11.4 Å². The standard InChI is InChI=1S/C13H20ClN3/c1-9-4-10(2)11(3)17(8-9)13-7-15-6-12(5-14)16-13/h6-7,9-11H,4-5,8H2,1-3H3. The van der Waals surface area contributed by atoms with Gasteiger partial charge in [-0.05, 0) is 25.2 Å². The molecule has 1 fully saturated rings. The average Bonchev–Trinajstić information content (AvgIpc) is 2.34. The van der Waals surface area contributed by atoms with Crippen molar-refractivity contribution in [3.8, 4) is 0 Å². The second kappa shape index (κ2) is 5.21. The van der Waals surface area contributed by atoms with Gasteiger partial charge in [0.15, 0.2) is 0 Å². The van der Waals surface area contributed by atoms with Gasteiger partial charge in [0.2, 0.25) is 0 Å². The van der Waals surface area contributed by atoms with Gasteiger partial charge in [-0.25, -0.2) is 4.98 Å². The molecular formula is C13H20ClN3. The second-order valence-electron chi connectivity index (χ2n) is 5.21. The molecule has 1 aliphatic rings. The summed E-state index contributed by atoms with van der Waals surface area (Å²) in [7, 11) is 0. The molecule has 2 heterocycles. The third-order valence-electron chi connectivity index (χ3n) is 3.70. The van der Waals surface area contributed by atoms with Gasteiger partial charge in [0.05, 0.1) is 17.8 Å². The van der Waals surface area contributed by atoms with E-state index in [0.29, 0.717) is 23.8 Å². The van der Waals surface area contributed by atoms with Crippen molar-refractivity contribution in [1.82, 2.24) is 9.97 Å². The van der Waals surface area contributed by atoms with Crippen LogP contribution in [0.1, 0.15) is 32.9 Å². The van der Waals surface area contributed by atoms with Gasteiger partial charge in [-0.1, -0.05) is 13.8 Å². The lowest BCUT2D eigenvalue weighted by atomic mass is 9.86. The van der Waals surface area contributed by atoms with Crippen molar-refractivity contribution >= 4 is 17.4 Å². The zero-order chi connectivity index (χ0) is 12.4. The third-order valence-corrected chi connectivity index (χ3v) is 3.97. The average molecular weight is 254 g/mol. The van der Waals surface area contributed by atoms with E-state index in [0.717, 1.165) is 18.1 Å². The van der Waals surface area contributed by atoms with E-state index in [2.05, 4.69) is 35.6 Å². The summed E-state index contributed by atoms with van der Waals surface area (Å²) in [5, 5.41) is 0. The molecular weight excluding hydrogens is 234 g/mol. The summed E-state index contributed by atoms with van der Waals surface area (Å²) in [5.41, 5.74) is 0.849. The minimum atomic E-state index is 0.425. The fourth-order valence-corrected chi connectivity index (χ4v) is 2.74. The SMILES string of the molecule is CC1CC(C)C(C)N(c2cncc(CCl)n2)C1. The van der Waals surface area contributed by atoms with Crippen LogP contribution in [-0.2, 0) is 5.88 Å². The first-order valence-electron chi connectivity index (χ1n) is 6.25. The molecule has 1 aromatic heterocycles. The molecule has 3 nitrogen and oxygen atoms in total. The molecule has 0 N–H and O–H groups in total. The van der Waals surface area contributed by atoms with Crippen LogP contribution in [-0.4, -0.2) is 22.6 Å². The van der Waals surface area contributed by atoms with E-state index in [4.69, 9.17) is 11.6 Å². The molecule has 3 unspecified atom stereocenters. The molecule has 94 valence electrons. The highest BCUT2D eigenvalue weighted by atomic mass is 35.5. The van der Waals surface area contributed by atoms with E-state index < -0.39 is 0 Å². The van der Waals surface area contributed by atoms with E-state index in [1.54, 1.807) is 6.20 Å². The number of anilines is 1. The van der Waals surface area contributed by atoms with E-state index >= 15 is 0 Å². The lowest BCUT2D eigenvalue weighted by molar-refractivity contribution is 0.295. The molecule has 0 amide bonds. The van der Waals surface area contributed by atoms with Gasteiger partial charge in [-0.15, -0.1) is 11.6 Å². The predicted octanol–water partition coefficient (Wildman–Crippen LogP) is 3.09. The quantitative estimate of drug-likeness (QED) is 0.759. The molecule has 1 aromatic rings. The summed E-state index contributed by atoms with van der Waals surface area (Å²) in [5.74, 6) is 2.80. The molecule has 2 rings (SSSR count). The first kappa shape index (κ1) is 12.6. The summed E-state index contributed by atoms with van der Waals surface area (Å²) >= 11 is 5.81. The van der Waals surface area contributed by atoms with Crippen molar-refractivity contribution in [1.29, 1.82) is 0 Å². The van der Waals surface area contributed by atoms with Crippen LogP contribution >= 0.6 is 11.6 Å². The Kier molecular flexibility index (Phi) is 3.87. The Hall–Kier alpha value is -0.830. The Morgan fingerprint density at radius 1 is 1.35 bits per heavy atom. The molecule has 0 bridgehead atoms. The van der Waals surface area contributed by atoms with Crippen molar-refractivity contribution in [2.45, 2.75) is 39.1 Å². The number of halogens is 1. The van der Waals surface area contributed by atoms with Gasteiger partial charge in [-0.3, -0.25) is 4.98 Å². The van der Waals surface area contributed by atoms with Crippen LogP contribution in [0.2, 0.25) is 0 Å². The number of rotatable bonds is 2. The number of hydrogen-bond acceptors (Lipinski definition) is 3. The Bertz CT molecular complexity index is 383. The Labute approximate surface area is 108 Å². The highest BCUT2D eigenvalue weighted by molar-refractivity contribution is 6.16. The highest BCUT2D eigenvalue weighted by Gasteiger charge is 2.29. The minimum Gasteiger partial charge on any atom is -0.352 e. The number of alkyl halides is 1. The van der Waals surface area contributed by atoms with Crippen LogP contribution in [0.25, 0.3) is 0 Å². The van der Waals surface area contributed by atoms with Gasteiger partial charge in [0, 0.05) is 18.8 Å². The first-order chi connectivity index (χ1) is 8.11. The predicted molar refractivity (Wildman–Crippen MR) is 71.3 cm³/mol. The van der Waals surface area contributed by atoms with Crippen LogP contribution in [0, 0.1) is 11.8 Å². The molecule has 3 atom stereocenters. The van der Waals surface area contributed by atoms with Crippen molar-refractivity contribution < 1.29 is 0 Å². The largest absolute Gasteiger partial charge is 0.352 e. The highest BCUT2D eigenvalue weighted by Crippen LogP contribution is 2.29. The summed E-state index contributed by atoms with van der Waals surface area (Å²) in [4.78, 5) is 11.2. The number of piperidine rings is 1. The summed E-state index contributed by atoms with van der Waals surface area (Å²) < 4.78 is 0. The fourth-order valence-electron chi connectivity index (χ4n) is 2.62. The van der Waals surface area contributed by atoms with Gasteiger partial charge in [0.25, 0.3) is 0 Å². The molecule has 0 aromatic carbocycles. The molecule has 0 aliphatic carbocycles. The lowest BCUT2D eigenvalue weighted by Crippen LogP contribution is -2.46. The maximum Gasteiger partial charge on any atom is 0.147 e. The van der Waals surface area contributed by atoms with Gasteiger partial charge < -0.3 is 4.90 Å². The monoisotopic (exact) mass is 253 g/mol. The van der Waals surface area contributed by atoms with Crippen LogP contribution in [0.15, 0.2) is 12.4 Å². The second-order valence-corrected chi connectivity index (χ2v) is 5.48. The molecule has 17 heavy (non-hydrogen) atoms.